The topological polar surface area (TPSA) is 118 Å². The number of rotatable bonds is 6. The normalized spacial score (nSPS) is 29.2. The maximum absolute atomic E-state index is 11.4. The van der Waals surface area contributed by atoms with Crippen LogP contribution in [0.25, 0.3) is 0 Å². The van der Waals surface area contributed by atoms with E-state index in [0.29, 0.717) is 0 Å². The minimum absolute atomic E-state index is 0.0334. The first-order valence-electron chi connectivity index (χ1n) is 7.12. The first-order chi connectivity index (χ1) is 11.3. The summed E-state index contributed by atoms with van der Waals surface area (Å²) >= 11 is 0. The van der Waals surface area contributed by atoms with E-state index in [0.717, 1.165) is 20.8 Å². The maximum Gasteiger partial charge on any atom is 0.303 e. The Labute approximate surface area is 139 Å². The van der Waals surface area contributed by atoms with Gasteiger partial charge in [-0.2, -0.15) is 0 Å². The molecule has 134 valence electrons. The molecule has 9 nitrogen and oxygen atoms in total. The van der Waals surface area contributed by atoms with Crippen molar-refractivity contribution in [1.82, 2.24) is 0 Å². The zero-order valence-electron chi connectivity index (χ0n) is 13.6. The van der Waals surface area contributed by atoms with Gasteiger partial charge in [0.15, 0.2) is 24.6 Å². The summed E-state index contributed by atoms with van der Waals surface area (Å²) in [5.41, 5.74) is 0. The van der Waals surface area contributed by atoms with Crippen LogP contribution in [0.15, 0.2) is 0 Å². The first-order valence-corrected chi connectivity index (χ1v) is 7.12. The average molecular weight is 344 g/mol. The predicted molar refractivity (Wildman–Crippen MR) is 77.2 cm³/mol. The van der Waals surface area contributed by atoms with E-state index in [1.807, 2.05) is 0 Å². The van der Waals surface area contributed by atoms with Crippen LogP contribution in [-0.4, -0.2) is 66.9 Å². The Morgan fingerprint density at radius 2 is 1.50 bits per heavy atom. The van der Waals surface area contributed by atoms with E-state index in [2.05, 4.69) is 5.92 Å². The molecule has 24 heavy (non-hydrogen) atoms. The predicted octanol–water partition coefficient (Wildman–Crippen LogP) is -0.851. The summed E-state index contributed by atoms with van der Waals surface area (Å²) in [4.78, 5) is 34.0. The van der Waals surface area contributed by atoms with Crippen LogP contribution in [0.2, 0.25) is 0 Å². The Balaban J connectivity index is 3.07. The van der Waals surface area contributed by atoms with E-state index in [1.165, 1.54) is 0 Å². The number of aliphatic hydroxyl groups is 1. The van der Waals surface area contributed by atoms with Crippen molar-refractivity contribution < 1.29 is 43.2 Å². The first kappa shape index (κ1) is 19.9. The molecule has 1 N–H and O–H groups in total. The fourth-order valence-electron chi connectivity index (χ4n) is 2.24. The molecule has 0 amide bonds. The van der Waals surface area contributed by atoms with Gasteiger partial charge in [-0.15, -0.1) is 6.42 Å². The van der Waals surface area contributed by atoms with Crippen molar-refractivity contribution in [2.75, 3.05) is 13.2 Å². The van der Waals surface area contributed by atoms with Crippen molar-refractivity contribution in [3.8, 4) is 12.3 Å². The molecule has 1 heterocycles. The summed E-state index contributed by atoms with van der Waals surface area (Å²) in [5.74, 6) is 0.121. The number of hydrogen-bond donors (Lipinski definition) is 1. The Kier molecular flexibility index (Phi) is 7.64. The molecule has 0 aliphatic carbocycles. The van der Waals surface area contributed by atoms with Crippen LogP contribution in [-0.2, 0) is 38.1 Å². The zero-order valence-corrected chi connectivity index (χ0v) is 13.6. The summed E-state index contributed by atoms with van der Waals surface area (Å²) in [6.07, 6.45) is -1.29. The SMILES string of the molecule is C#CCOC[C@H]1O[C@H](O)[C@H](OC(C)=O)[C@@H](OC(C)=O)[C@H]1OC(C)=O. The van der Waals surface area contributed by atoms with Gasteiger partial charge in [-0.1, -0.05) is 5.92 Å². The van der Waals surface area contributed by atoms with Crippen LogP contribution >= 0.6 is 0 Å². The lowest BCUT2D eigenvalue weighted by Crippen LogP contribution is -2.62. The summed E-state index contributed by atoms with van der Waals surface area (Å²) in [5, 5.41) is 10.1. The van der Waals surface area contributed by atoms with Gasteiger partial charge in [-0.3, -0.25) is 14.4 Å². The van der Waals surface area contributed by atoms with Crippen LogP contribution in [0, 0.1) is 12.3 Å². The summed E-state index contributed by atoms with van der Waals surface area (Å²) < 4.78 is 25.6. The highest BCUT2D eigenvalue weighted by Gasteiger charge is 2.51. The molecule has 0 radical (unpaired) electrons. The van der Waals surface area contributed by atoms with E-state index in [1.54, 1.807) is 0 Å². The molecule has 1 aliphatic heterocycles. The Morgan fingerprint density at radius 3 is 2.00 bits per heavy atom. The fourth-order valence-corrected chi connectivity index (χ4v) is 2.24. The molecule has 0 saturated carbocycles. The van der Waals surface area contributed by atoms with Crippen LogP contribution in [0.5, 0.6) is 0 Å². The van der Waals surface area contributed by atoms with Crippen molar-refractivity contribution in [3.05, 3.63) is 0 Å². The van der Waals surface area contributed by atoms with Crippen molar-refractivity contribution in [3.63, 3.8) is 0 Å². The largest absolute Gasteiger partial charge is 0.456 e. The number of carbonyl (C=O) groups excluding carboxylic acids is 3. The molecule has 9 heteroatoms. The third kappa shape index (κ3) is 5.81. The molecular formula is C15H20O9. The summed E-state index contributed by atoms with van der Waals surface area (Å²) in [6.45, 7) is 3.22. The third-order valence-corrected chi connectivity index (χ3v) is 2.98. The molecule has 0 aromatic carbocycles. The van der Waals surface area contributed by atoms with Crippen LogP contribution in [0.3, 0.4) is 0 Å². The van der Waals surface area contributed by atoms with Crippen molar-refractivity contribution >= 4 is 17.9 Å². The van der Waals surface area contributed by atoms with Gasteiger partial charge in [-0.25, -0.2) is 0 Å². The van der Waals surface area contributed by atoms with Crippen molar-refractivity contribution in [2.24, 2.45) is 0 Å². The highest BCUT2D eigenvalue weighted by atomic mass is 16.7. The van der Waals surface area contributed by atoms with Crippen LogP contribution in [0.1, 0.15) is 20.8 Å². The fraction of sp³-hybridized carbons (Fsp3) is 0.667. The smallest absolute Gasteiger partial charge is 0.303 e. The standard InChI is InChI=1S/C15H20O9/c1-5-6-20-7-11-12(21-8(2)16)13(22-9(3)17)14(15(19)24-11)23-10(4)18/h1,11-15,19H,6-7H2,2-4H3/t11-,12+,13+,14-,15+/m1/s1. The highest BCUT2D eigenvalue weighted by Crippen LogP contribution is 2.28. The molecule has 1 aliphatic rings. The lowest BCUT2D eigenvalue weighted by atomic mass is 9.98. The van der Waals surface area contributed by atoms with Crippen LogP contribution < -0.4 is 0 Å². The minimum Gasteiger partial charge on any atom is -0.456 e. The third-order valence-electron chi connectivity index (χ3n) is 2.98. The second kappa shape index (κ2) is 9.22. The molecule has 1 saturated heterocycles. The van der Waals surface area contributed by atoms with Gasteiger partial charge in [0, 0.05) is 20.8 Å². The van der Waals surface area contributed by atoms with E-state index in [4.69, 9.17) is 30.1 Å². The minimum atomic E-state index is -1.61. The lowest BCUT2D eigenvalue weighted by molar-refractivity contribution is -0.296. The molecule has 0 unspecified atom stereocenters. The maximum atomic E-state index is 11.4. The van der Waals surface area contributed by atoms with Crippen molar-refractivity contribution in [1.29, 1.82) is 0 Å². The lowest BCUT2D eigenvalue weighted by Gasteiger charge is -2.42. The van der Waals surface area contributed by atoms with E-state index in [9.17, 15) is 19.5 Å². The number of ether oxygens (including phenoxy) is 5. The van der Waals surface area contributed by atoms with E-state index in [-0.39, 0.29) is 13.2 Å². The molecule has 5 atom stereocenters. The second-order valence-electron chi connectivity index (χ2n) is 5.01. The van der Waals surface area contributed by atoms with Crippen molar-refractivity contribution in [2.45, 2.75) is 51.5 Å². The number of aliphatic hydroxyl groups excluding tert-OH is 1. The Hall–Kier alpha value is -2.15. The van der Waals surface area contributed by atoms with Gasteiger partial charge in [-0.05, 0) is 0 Å². The zero-order chi connectivity index (χ0) is 18.3. The number of carbonyl (C=O) groups is 3. The number of terminal acetylenes is 1. The van der Waals surface area contributed by atoms with Crippen LogP contribution in [0.4, 0.5) is 0 Å². The van der Waals surface area contributed by atoms with Gasteiger partial charge >= 0.3 is 17.9 Å². The number of esters is 3. The van der Waals surface area contributed by atoms with Gasteiger partial charge in [0.05, 0.1) is 6.61 Å². The van der Waals surface area contributed by atoms with E-state index >= 15 is 0 Å². The average Bonchev–Trinajstić information content (AvgIpc) is 2.45. The van der Waals surface area contributed by atoms with Gasteiger partial charge in [0.25, 0.3) is 0 Å². The van der Waals surface area contributed by atoms with Gasteiger partial charge in [0.2, 0.25) is 0 Å². The molecule has 0 bridgehead atoms. The molecular weight excluding hydrogens is 324 g/mol. The summed E-state index contributed by atoms with van der Waals surface area (Å²) in [7, 11) is 0. The number of hydrogen-bond acceptors (Lipinski definition) is 9. The monoisotopic (exact) mass is 344 g/mol. The van der Waals surface area contributed by atoms with Gasteiger partial charge in [0.1, 0.15) is 12.7 Å². The van der Waals surface area contributed by atoms with E-state index < -0.39 is 48.6 Å². The highest BCUT2D eigenvalue weighted by molar-refractivity contribution is 5.68. The molecule has 1 rings (SSSR count). The quantitative estimate of drug-likeness (QED) is 0.284. The molecule has 0 spiro atoms. The molecule has 0 aromatic rings. The Morgan fingerprint density at radius 1 is 1.00 bits per heavy atom. The molecule has 0 aromatic heterocycles. The summed E-state index contributed by atoms with van der Waals surface area (Å²) in [6, 6.07) is 0. The second-order valence-corrected chi connectivity index (χ2v) is 5.01. The Bertz CT molecular complexity index is 510. The molecule has 1 fully saturated rings. The van der Waals surface area contributed by atoms with Gasteiger partial charge < -0.3 is 28.8 Å².